The van der Waals surface area contributed by atoms with Crippen molar-refractivity contribution in [1.82, 2.24) is 0 Å². The Morgan fingerprint density at radius 2 is 1.47 bits per heavy atom. The van der Waals surface area contributed by atoms with Crippen molar-refractivity contribution in [2.75, 3.05) is 13.7 Å². The summed E-state index contributed by atoms with van der Waals surface area (Å²) in [6.07, 6.45) is -0.564. The summed E-state index contributed by atoms with van der Waals surface area (Å²) in [6.45, 7) is -0.288. The van der Waals surface area contributed by atoms with E-state index in [-0.39, 0.29) is 29.3 Å². The minimum Gasteiger partial charge on any atom is -0.482 e. The molecule has 6 unspecified atom stereocenters. The summed E-state index contributed by atoms with van der Waals surface area (Å²) in [5.41, 5.74) is 0. The number of carbonyl (C=O) groups excluding carboxylic acids is 3. The van der Waals surface area contributed by atoms with Crippen molar-refractivity contribution in [1.29, 1.82) is 0 Å². The van der Waals surface area contributed by atoms with Crippen LogP contribution in [0.2, 0.25) is 0 Å². The first-order valence-electron chi connectivity index (χ1n) is 12.6. The van der Waals surface area contributed by atoms with Gasteiger partial charge in [-0.15, -0.1) is 0 Å². The van der Waals surface area contributed by atoms with E-state index in [4.69, 9.17) is 18.9 Å². The zero-order valence-electron chi connectivity index (χ0n) is 20.7. The van der Waals surface area contributed by atoms with Gasteiger partial charge in [-0.25, -0.2) is 4.79 Å². The molecule has 38 heavy (non-hydrogen) atoms. The SMILES string of the molecule is COC(=O)C1C2CC3C(OC(=O)C31)C2OC(=O)COc1ccc([S+](c2ccccc2)c2ccccc2)cc1. The van der Waals surface area contributed by atoms with Crippen molar-refractivity contribution < 1.29 is 33.3 Å². The molecule has 1 saturated heterocycles. The zero-order chi connectivity index (χ0) is 26.2. The van der Waals surface area contributed by atoms with Gasteiger partial charge in [0.2, 0.25) is 0 Å². The molecule has 1 aliphatic heterocycles. The van der Waals surface area contributed by atoms with Crippen LogP contribution < -0.4 is 4.74 Å². The largest absolute Gasteiger partial charge is 0.482 e. The first kappa shape index (κ1) is 24.6. The Kier molecular flexibility index (Phi) is 6.57. The van der Waals surface area contributed by atoms with E-state index in [1.165, 1.54) is 16.9 Å². The van der Waals surface area contributed by atoms with Crippen LogP contribution in [-0.2, 0) is 39.5 Å². The zero-order valence-corrected chi connectivity index (χ0v) is 21.5. The van der Waals surface area contributed by atoms with Crippen LogP contribution in [0.15, 0.2) is 99.6 Å². The van der Waals surface area contributed by atoms with E-state index in [0.717, 1.165) is 4.90 Å². The average Bonchev–Trinajstić information content (AvgIpc) is 3.58. The number of esters is 3. The minimum absolute atomic E-state index is 0.120. The van der Waals surface area contributed by atoms with Gasteiger partial charge in [-0.3, -0.25) is 9.59 Å². The van der Waals surface area contributed by atoms with Crippen molar-refractivity contribution in [2.24, 2.45) is 23.7 Å². The van der Waals surface area contributed by atoms with Crippen LogP contribution in [0.5, 0.6) is 5.75 Å². The van der Waals surface area contributed by atoms with Gasteiger partial charge in [0.25, 0.3) is 0 Å². The Labute approximate surface area is 223 Å². The van der Waals surface area contributed by atoms with E-state index in [9.17, 15) is 14.4 Å². The van der Waals surface area contributed by atoms with Crippen LogP contribution in [0.4, 0.5) is 0 Å². The maximum absolute atomic E-state index is 12.7. The molecule has 0 N–H and O–H groups in total. The normalized spacial score (nSPS) is 26.7. The highest BCUT2D eigenvalue weighted by molar-refractivity contribution is 7.97. The molecule has 0 spiro atoms. The molecule has 0 radical (unpaired) electrons. The van der Waals surface area contributed by atoms with Crippen LogP contribution in [0.1, 0.15) is 6.42 Å². The third kappa shape index (κ3) is 4.32. The Morgan fingerprint density at radius 3 is 2.08 bits per heavy atom. The number of carbonyl (C=O) groups is 3. The fourth-order valence-corrected chi connectivity index (χ4v) is 8.21. The molecular weight excluding hydrogens is 504 g/mol. The molecule has 0 amide bonds. The Bertz CT molecular complexity index is 1290. The topological polar surface area (TPSA) is 88.1 Å². The van der Waals surface area contributed by atoms with Crippen molar-refractivity contribution >= 4 is 28.8 Å². The van der Waals surface area contributed by atoms with E-state index in [0.29, 0.717) is 12.2 Å². The van der Waals surface area contributed by atoms with E-state index in [2.05, 4.69) is 24.3 Å². The maximum atomic E-state index is 12.7. The molecule has 3 aromatic carbocycles. The second-order valence-electron chi connectivity index (χ2n) is 9.69. The van der Waals surface area contributed by atoms with Crippen LogP contribution in [-0.4, -0.2) is 43.8 Å². The number of rotatable bonds is 8. The predicted octanol–water partition coefficient (Wildman–Crippen LogP) is 4.05. The summed E-state index contributed by atoms with van der Waals surface area (Å²) in [6, 6.07) is 28.4. The summed E-state index contributed by atoms with van der Waals surface area (Å²) < 4.78 is 21.8. The smallest absolute Gasteiger partial charge is 0.344 e. The third-order valence-electron chi connectivity index (χ3n) is 7.66. The van der Waals surface area contributed by atoms with Crippen LogP contribution in [0.3, 0.4) is 0 Å². The molecule has 3 aromatic rings. The second kappa shape index (κ2) is 10.2. The molecule has 6 atom stereocenters. The summed E-state index contributed by atoms with van der Waals surface area (Å²) >= 11 is 0. The summed E-state index contributed by atoms with van der Waals surface area (Å²) in [4.78, 5) is 40.9. The molecule has 8 heteroatoms. The number of methoxy groups -OCH3 is 1. The van der Waals surface area contributed by atoms with Gasteiger partial charge in [-0.2, -0.15) is 0 Å². The molecule has 3 aliphatic rings. The summed E-state index contributed by atoms with van der Waals surface area (Å²) in [5, 5.41) is 0. The van der Waals surface area contributed by atoms with Crippen molar-refractivity contribution in [3.8, 4) is 5.75 Å². The van der Waals surface area contributed by atoms with Gasteiger partial charge in [0, 0.05) is 11.8 Å². The van der Waals surface area contributed by atoms with E-state index in [1.807, 2.05) is 60.7 Å². The molecule has 1 heterocycles. The average molecular weight is 532 g/mol. The lowest BCUT2D eigenvalue weighted by molar-refractivity contribution is -0.166. The van der Waals surface area contributed by atoms with Gasteiger partial charge in [0.1, 0.15) is 18.0 Å². The van der Waals surface area contributed by atoms with E-state index < -0.39 is 42.0 Å². The standard InChI is InChI=1S/C30H27O7S/c1-34-29(32)25-22-16-23-26(25)30(33)37-28(23)27(22)36-24(31)17-35-18-12-14-21(15-13-18)38(19-8-4-2-5-9-19)20-10-6-3-7-11-20/h2-15,22-23,25-28H,16-17H2,1H3/q+1. The first-order chi connectivity index (χ1) is 18.5. The number of hydrogen-bond acceptors (Lipinski definition) is 7. The third-order valence-corrected chi connectivity index (χ3v) is 9.89. The lowest BCUT2D eigenvalue weighted by Gasteiger charge is -2.29. The molecule has 6 rings (SSSR count). The van der Waals surface area contributed by atoms with Gasteiger partial charge in [0.15, 0.2) is 21.3 Å². The number of ether oxygens (including phenoxy) is 4. The van der Waals surface area contributed by atoms with Crippen LogP contribution in [0.25, 0.3) is 0 Å². The van der Waals surface area contributed by atoms with E-state index >= 15 is 0 Å². The lowest BCUT2D eigenvalue weighted by Crippen LogP contribution is -2.44. The fourth-order valence-electron chi connectivity index (χ4n) is 6.13. The monoisotopic (exact) mass is 531 g/mol. The highest BCUT2D eigenvalue weighted by Gasteiger charge is 2.70. The van der Waals surface area contributed by atoms with Gasteiger partial charge < -0.3 is 18.9 Å². The molecule has 2 saturated carbocycles. The Morgan fingerprint density at radius 1 is 0.868 bits per heavy atom. The van der Waals surface area contributed by atoms with E-state index in [1.54, 1.807) is 0 Å². The van der Waals surface area contributed by atoms with Gasteiger partial charge in [-0.1, -0.05) is 36.4 Å². The first-order valence-corrected chi connectivity index (χ1v) is 13.8. The molecule has 2 aliphatic carbocycles. The Hall–Kier alpha value is -3.78. The van der Waals surface area contributed by atoms with Crippen LogP contribution in [0, 0.1) is 23.7 Å². The summed E-state index contributed by atoms with van der Waals surface area (Å²) in [7, 11) is 1.02. The molecule has 0 aromatic heterocycles. The fraction of sp³-hybridized carbons (Fsp3) is 0.300. The minimum atomic E-state index is -0.663. The summed E-state index contributed by atoms with van der Waals surface area (Å²) in [5.74, 6) is -2.42. The molecular formula is C30H27O7S+. The molecule has 7 nitrogen and oxygen atoms in total. The van der Waals surface area contributed by atoms with Crippen molar-refractivity contribution in [3.63, 3.8) is 0 Å². The molecule has 2 bridgehead atoms. The lowest BCUT2D eigenvalue weighted by atomic mass is 9.78. The van der Waals surface area contributed by atoms with Crippen molar-refractivity contribution in [2.45, 2.75) is 33.3 Å². The highest BCUT2D eigenvalue weighted by atomic mass is 32.2. The number of hydrogen-bond donors (Lipinski definition) is 0. The predicted molar refractivity (Wildman–Crippen MR) is 137 cm³/mol. The van der Waals surface area contributed by atoms with Gasteiger partial charge in [0.05, 0.1) is 29.8 Å². The highest BCUT2D eigenvalue weighted by Crippen LogP contribution is 2.58. The van der Waals surface area contributed by atoms with Gasteiger partial charge >= 0.3 is 17.9 Å². The molecule has 194 valence electrons. The van der Waals surface area contributed by atoms with Crippen molar-refractivity contribution in [3.05, 3.63) is 84.9 Å². The second-order valence-corrected chi connectivity index (χ2v) is 11.7. The Balaban J connectivity index is 1.11. The number of benzene rings is 3. The quantitative estimate of drug-likeness (QED) is 0.246. The van der Waals surface area contributed by atoms with Crippen LogP contribution >= 0.6 is 0 Å². The number of fused-ring (bicyclic) bond motifs is 1. The molecule has 3 fully saturated rings. The van der Waals surface area contributed by atoms with Gasteiger partial charge in [-0.05, 0) is 55.0 Å². The maximum Gasteiger partial charge on any atom is 0.344 e.